The van der Waals surface area contributed by atoms with E-state index in [1.165, 1.54) is 11.3 Å². The SMILES string of the molecule is O=C(O)c1cc(SCC2CCOC2)cs1. The van der Waals surface area contributed by atoms with E-state index in [-0.39, 0.29) is 0 Å². The zero-order valence-electron chi connectivity index (χ0n) is 8.14. The van der Waals surface area contributed by atoms with Gasteiger partial charge in [-0.15, -0.1) is 23.1 Å². The Morgan fingerprint density at radius 2 is 2.60 bits per heavy atom. The number of thiophene rings is 1. The number of aromatic carboxylic acids is 1. The highest BCUT2D eigenvalue weighted by Crippen LogP contribution is 2.28. The summed E-state index contributed by atoms with van der Waals surface area (Å²) in [5, 5.41) is 10.7. The van der Waals surface area contributed by atoms with Gasteiger partial charge in [-0.3, -0.25) is 0 Å². The molecule has 1 saturated heterocycles. The van der Waals surface area contributed by atoms with Gasteiger partial charge in [-0.25, -0.2) is 4.79 Å². The van der Waals surface area contributed by atoms with E-state index in [4.69, 9.17) is 9.84 Å². The van der Waals surface area contributed by atoms with Crippen LogP contribution in [-0.2, 0) is 4.74 Å². The highest BCUT2D eigenvalue weighted by molar-refractivity contribution is 7.99. The first kappa shape index (κ1) is 11.0. The predicted octanol–water partition coefficient (Wildman–Crippen LogP) is 2.57. The number of thioether (sulfide) groups is 1. The summed E-state index contributed by atoms with van der Waals surface area (Å²) in [5.41, 5.74) is 0. The number of carbonyl (C=O) groups is 1. The van der Waals surface area contributed by atoms with E-state index in [2.05, 4.69) is 0 Å². The Hall–Kier alpha value is -0.520. The zero-order valence-corrected chi connectivity index (χ0v) is 9.77. The largest absolute Gasteiger partial charge is 0.477 e. The predicted molar refractivity (Wildman–Crippen MR) is 60.9 cm³/mol. The third-order valence-electron chi connectivity index (χ3n) is 2.30. The quantitative estimate of drug-likeness (QED) is 0.827. The summed E-state index contributed by atoms with van der Waals surface area (Å²) in [5.74, 6) is 0.815. The van der Waals surface area contributed by atoms with Gasteiger partial charge in [-0.2, -0.15) is 0 Å². The van der Waals surface area contributed by atoms with E-state index in [9.17, 15) is 4.79 Å². The molecule has 1 fully saturated rings. The maximum atomic E-state index is 10.7. The normalized spacial score (nSPS) is 20.7. The molecule has 0 aliphatic carbocycles. The van der Waals surface area contributed by atoms with Gasteiger partial charge >= 0.3 is 5.97 Å². The van der Waals surface area contributed by atoms with Gasteiger partial charge in [-0.1, -0.05) is 0 Å². The van der Waals surface area contributed by atoms with Gasteiger partial charge in [0.05, 0.1) is 6.61 Å². The molecule has 1 N–H and O–H groups in total. The number of ether oxygens (including phenoxy) is 1. The summed E-state index contributed by atoms with van der Waals surface area (Å²) in [6.07, 6.45) is 1.13. The van der Waals surface area contributed by atoms with Gasteiger partial charge in [0.1, 0.15) is 4.88 Å². The van der Waals surface area contributed by atoms with Crippen molar-refractivity contribution in [3.63, 3.8) is 0 Å². The van der Waals surface area contributed by atoms with Crippen LogP contribution in [0.4, 0.5) is 0 Å². The molecule has 5 heteroatoms. The van der Waals surface area contributed by atoms with Crippen molar-refractivity contribution < 1.29 is 14.6 Å². The highest BCUT2D eigenvalue weighted by Gasteiger charge is 2.16. The van der Waals surface area contributed by atoms with Crippen molar-refractivity contribution in [3.8, 4) is 0 Å². The van der Waals surface area contributed by atoms with Crippen molar-refractivity contribution in [2.45, 2.75) is 11.3 Å². The lowest BCUT2D eigenvalue weighted by Crippen LogP contribution is -2.01. The average Bonchev–Trinajstić information content (AvgIpc) is 2.86. The van der Waals surface area contributed by atoms with Gasteiger partial charge in [0.2, 0.25) is 0 Å². The first-order chi connectivity index (χ1) is 7.25. The summed E-state index contributed by atoms with van der Waals surface area (Å²) in [7, 11) is 0. The zero-order chi connectivity index (χ0) is 10.7. The third kappa shape index (κ3) is 2.96. The van der Waals surface area contributed by atoms with E-state index in [1.54, 1.807) is 17.8 Å². The van der Waals surface area contributed by atoms with Crippen LogP contribution in [-0.4, -0.2) is 30.0 Å². The Balaban J connectivity index is 1.84. The second kappa shape index (κ2) is 5.01. The second-order valence-corrected chi connectivity index (χ2v) is 5.50. The molecule has 1 aliphatic rings. The average molecular weight is 244 g/mol. The van der Waals surface area contributed by atoms with Crippen LogP contribution in [0, 0.1) is 5.92 Å². The molecule has 1 atom stereocenters. The minimum atomic E-state index is -0.837. The summed E-state index contributed by atoms with van der Waals surface area (Å²) < 4.78 is 5.28. The molecule has 15 heavy (non-hydrogen) atoms. The second-order valence-electron chi connectivity index (χ2n) is 3.49. The van der Waals surface area contributed by atoms with Crippen LogP contribution in [0.3, 0.4) is 0 Å². The molecule has 2 rings (SSSR count). The molecule has 2 heterocycles. The van der Waals surface area contributed by atoms with Crippen LogP contribution in [0.1, 0.15) is 16.1 Å². The Labute approximate surface area is 96.4 Å². The number of hydrogen-bond acceptors (Lipinski definition) is 4. The van der Waals surface area contributed by atoms with Gasteiger partial charge < -0.3 is 9.84 Å². The van der Waals surface area contributed by atoms with Crippen LogP contribution < -0.4 is 0 Å². The summed E-state index contributed by atoms with van der Waals surface area (Å²) in [6.45, 7) is 1.72. The van der Waals surface area contributed by atoms with Crippen molar-refractivity contribution in [2.75, 3.05) is 19.0 Å². The van der Waals surface area contributed by atoms with Gasteiger partial charge in [0.25, 0.3) is 0 Å². The maximum absolute atomic E-state index is 10.7. The fraction of sp³-hybridized carbons (Fsp3) is 0.500. The van der Waals surface area contributed by atoms with Crippen molar-refractivity contribution in [2.24, 2.45) is 5.92 Å². The molecule has 0 amide bonds. The van der Waals surface area contributed by atoms with E-state index in [0.717, 1.165) is 30.3 Å². The molecular weight excluding hydrogens is 232 g/mol. The van der Waals surface area contributed by atoms with Crippen LogP contribution in [0.5, 0.6) is 0 Å². The van der Waals surface area contributed by atoms with Crippen molar-refractivity contribution >= 4 is 29.1 Å². The molecule has 1 aromatic rings. The number of hydrogen-bond donors (Lipinski definition) is 1. The molecule has 0 radical (unpaired) electrons. The van der Waals surface area contributed by atoms with E-state index in [0.29, 0.717) is 10.8 Å². The van der Waals surface area contributed by atoms with Gasteiger partial charge in [0.15, 0.2) is 0 Å². The summed E-state index contributed by atoms with van der Waals surface area (Å²) in [6, 6.07) is 1.74. The van der Waals surface area contributed by atoms with Crippen molar-refractivity contribution in [3.05, 3.63) is 16.3 Å². The molecule has 3 nitrogen and oxygen atoms in total. The molecule has 1 aliphatic heterocycles. The van der Waals surface area contributed by atoms with Gasteiger partial charge in [-0.05, 0) is 18.4 Å². The summed E-state index contributed by atoms with van der Waals surface area (Å²) in [4.78, 5) is 12.1. The smallest absolute Gasteiger partial charge is 0.345 e. The Morgan fingerprint density at radius 3 is 3.20 bits per heavy atom. The Morgan fingerprint density at radius 1 is 1.73 bits per heavy atom. The first-order valence-corrected chi connectivity index (χ1v) is 6.64. The van der Waals surface area contributed by atoms with Crippen LogP contribution in [0.2, 0.25) is 0 Å². The fourth-order valence-corrected chi connectivity index (χ4v) is 3.43. The monoisotopic (exact) mass is 244 g/mol. The molecule has 0 saturated carbocycles. The molecule has 82 valence electrons. The van der Waals surface area contributed by atoms with Crippen LogP contribution in [0.25, 0.3) is 0 Å². The lowest BCUT2D eigenvalue weighted by atomic mass is 10.2. The first-order valence-electron chi connectivity index (χ1n) is 4.78. The summed E-state index contributed by atoms with van der Waals surface area (Å²) >= 11 is 3.01. The number of rotatable bonds is 4. The molecule has 1 unspecified atom stereocenters. The molecule has 0 aromatic carbocycles. The number of carboxylic acid groups (broad SMARTS) is 1. The van der Waals surface area contributed by atoms with Crippen LogP contribution >= 0.6 is 23.1 Å². The fourth-order valence-electron chi connectivity index (χ4n) is 1.44. The topological polar surface area (TPSA) is 46.5 Å². The highest BCUT2D eigenvalue weighted by atomic mass is 32.2. The minimum absolute atomic E-state index is 0.417. The molecular formula is C10H12O3S2. The Bertz CT molecular complexity index is 342. The minimum Gasteiger partial charge on any atom is -0.477 e. The van der Waals surface area contributed by atoms with E-state index >= 15 is 0 Å². The molecule has 0 bridgehead atoms. The maximum Gasteiger partial charge on any atom is 0.345 e. The van der Waals surface area contributed by atoms with Gasteiger partial charge in [0, 0.05) is 22.6 Å². The van der Waals surface area contributed by atoms with Crippen molar-refractivity contribution in [1.29, 1.82) is 0 Å². The standard InChI is InChI=1S/C10H12O3S2/c11-10(12)9-3-8(6-15-9)14-5-7-1-2-13-4-7/h3,6-7H,1-2,4-5H2,(H,11,12). The van der Waals surface area contributed by atoms with E-state index in [1.807, 2.05) is 5.38 Å². The number of carboxylic acids is 1. The Kier molecular flexibility index (Phi) is 3.66. The third-order valence-corrected chi connectivity index (χ3v) is 4.57. The lowest BCUT2D eigenvalue weighted by molar-refractivity contribution is 0.0702. The molecule has 1 aromatic heterocycles. The van der Waals surface area contributed by atoms with E-state index < -0.39 is 5.97 Å². The van der Waals surface area contributed by atoms with Crippen molar-refractivity contribution in [1.82, 2.24) is 0 Å². The van der Waals surface area contributed by atoms with Crippen LogP contribution in [0.15, 0.2) is 16.3 Å². The molecule has 0 spiro atoms. The lowest BCUT2D eigenvalue weighted by Gasteiger charge is -2.04.